The van der Waals surface area contributed by atoms with Gasteiger partial charge in [0, 0.05) is 6.42 Å². The van der Waals surface area contributed by atoms with Crippen LogP contribution in [-0.4, -0.2) is 17.9 Å². The SMILES string of the molecule is CC1CC(C)(C)OC(=O)O1. The Morgan fingerprint density at radius 3 is 2.60 bits per heavy atom. The molecule has 58 valence electrons. The Bertz CT molecular complexity index is 151. The fourth-order valence-corrected chi connectivity index (χ4v) is 1.19. The van der Waals surface area contributed by atoms with Crippen LogP contribution in [0.15, 0.2) is 0 Å². The summed E-state index contributed by atoms with van der Waals surface area (Å²) in [5.41, 5.74) is -0.352. The molecule has 0 amide bonds. The summed E-state index contributed by atoms with van der Waals surface area (Å²) in [7, 11) is 0. The van der Waals surface area contributed by atoms with Gasteiger partial charge in [-0.05, 0) is 20.8 Å². The topological polar surface area (TPSA) is 35.5 Å². The zero-order chi connectivity index (χ0) is 7.78. The predicted octanol–water partition coefficient (Wildman–Crippen LogP) is 1.71. The molecule has 3 nitrogen and oxygen atoms in total. The van der Waals surface area contributed by atoms with Crippen molar-refractivity contribution < 1.29 is 14.3 Å². The standard InChI is InChI=1S/C7H12O3/c1-5-4-7(2,3)10-6(8)9-5/h5H,4H2,1-3H3. The molecule has 1 saturated heterocycles. The normalized spacial score (nSPS) is 30.7. The number of carbonyl (C=O) groups is 1. The molecule has 0 saturated carbocycles. The number of carbonyl (C=O) groups excluding carboxylic acids is 1. The van der Waals surface area contributed by atoms with E-state index in [-0.39, 0.29) is 11.7 Å². The highest BCUT2D eigenvalue weighted by atomic mass is 16.7. The first kappa shape index (κ1) is 7.38. The molecule has 0 bridgehead atoms. The first-order valence-corrected chi connectivity index (χ1v) is 3.39. The van der Waals surface area contributed by atoms with E-state index in [1.54, 1.807) is 0 Å². The number of cyclic esters (lactones) is 2. The van der Waals surface area contributed by atoms with E-state index in [4.69, 9.17) is 9.47 Å². The number of hydrogen-bond donors (Lipinski definition) is 0. The molecule has 1 fully saturated rings. The second-order valence-electron chi connectivity index (χ2n) is 3.24. The Hall–Kier alpha value is -0.730. The van der Waals surface area contributed by atoms with Crippen molar-refractivity contribution in [1.82, 2.24) is 0 Å². The summed E-state index contributed by atoms with van der Waals surface area (Å²) in [5.74, 6) is 0. The van der Waals surface area contributed by atoms with Gasteiger partial charge in [-0.2, -0.15) is 0 Å². The third-order valence-corrected chi connectivity index (χ3v) is 1.44. The molecule has 1 aliphatic heterocycles. The first-order chi connectivity index (χ1) is 4.49. The zero-order valence-electron chi connectivity index (χ0n) is 6.51. The van der Waals surface area contributed by atoms with Crippen molar-refractivity contribution in [3.05, 3.63) is 0 Å². The van der Waals surface area contributed by atoms with E-state index < -0.39 is 6.16 Å². The maximum atomic E-state index is 10.6. The fourth-order valence-electron chi connectivity index (χ4n) is 1.19. The van der Waals surface area contributed by atoms with E-state index in [2.05, 4.69) is 0 Å². The molecule has 0 radical (unpaired) electrons. The third kappa shape index (κ3) is 1.62. The molecule has 0 aromatic rings. The van der Waals surface area contributed by atoms with Crippen molar-refractivity contribution in [2.75, 3.05) is 0 Å². The maximum Gasteiger partial charge on any atom is 0.509 e. The molecule has 1 rings (SSSR count). The van der Waals surface area contributed by atoms with Crippen molar-refractivity contribution in [2.24, 2.45) is 0 Å². The van der Waals surface area contributed by atoms with Crippen LogP contribution in [0.3, 0.4) is 0 Å². The van der Waals surface area contributed by atoms with Gasteiger partial charge in [0.15, 0.2) is 0 Å². The van der Waals surface area contributed by atoms with Gasteiger partial charge in [-0.15, -0.1) is 0 Å². The molecule has 0 N–H and O–H groups in total. The summed E-state index contributed by atoms with van der Waals surface area (Å²) in [6.07, 6.45) is 0.193. The summed E-state index contributed by atoms with van der Waals surface area (Å²) in [4.78, 5) is 10.6. The minimum Gasteiger partial charge on any atom is -0.431 e. The third-order valence-electron chi connectivity index (χ3n) is 1.44. The lowest BCUT2D eigenvalue weighted by Crippen LogP contribution is -2.39. The molecular weight excluding hydrogens is 132 g/mol. The van der Waals surface area contributed by atoms with Gasteiger partial charge in [-0.3, -0.25) is 0 Å². The second kappa shape index (κ2) is 2.15. The number of hydrogen-bond acceptors (Lipinski definition) is 3. The number of ether oxygens (including phenoxy) is 2. The zero-order valence-corrected chi connectivity index (χ0v) is 6.51. The first-order valence-electron chi connectivity index (χ1n) is 3.39. The molecule has 0 spiro atoms. The van der Waals surface area contributed by atoms with E-state index in [9.17, 15) is 4.79 Å². The van der Waals surface area contributed by atoms with Crippen molar-refractivity contribution in [3.63, 3.8) is 0 Å². The Labute approximate surface area is 60.3 Å². The van der Waals surface area contributed by atoms with E-state index in [1.807, 2.05) is 20.8 Å². The van der Waals surface area contributed by atoms with Crippen molar-refractivity contribution in [2.45, 2.75) is 38.9 Å². The average molecular weight is 144 g/mol. The Morgan fingerprint density at radius 1 is 1.60 bits per heavy atom. The van der Waals surface area contributed by atoms with Crippen molar-refractivity contribution in [1.29, 1.82) is 0 Å². The Balaban J connectivity index is 2.59. The minimum absolute atomic E-state index is 0.0174. The Morgan fingerprint density at radius 2 is 2.20 bits per heavy atom. The van der Waals surface area contributed by atoms with E-state index in [0.29, 0.717) is 0 Å². The molecule has 0 aromatic carbocycles. The van der Waals surface area contributed by atoms with E-state index >= 15 is 0 Å². The monoisotopic (exact) mass is 144 g/mol. The van der Waals surface area contributed by atoms with Crippen LogP contribution < -0.4 is 0 Å². The van der Waals surface area contributed by atoms with Crippen LogP contribution >= 0.6 is 0 Å². The highest BCUT2D eigenvalue weighted by molar-refractivity contribution is 5.61. The van der Waals surface area contributed by atoms with Crippen LogP contribution in [0.1, 0.15) is 27.2 Å². The van der Waals surface area contributed by atoms with Crippen LogP contribution in [0, 0.1) is 0 Å². The Kier molecular flexibility index (Phi) is 1.58. The van der Waals surface area contributed by atoms with Gasteiger partial charge in [0.1, 0.15) is 11.7 Å². The summed E-state index contributed by atoms with van der Waals surface area (Å²) < 4.78 is 9.64. The predicted molar refractivity (Wildman–Crippen MR) is 35.7 cm³/mol. The second-order valence-corrected chi connectivity index (χ2v) is 3.24. The van der Waals surface area contributed by atoms with Gasteiger partial charge in [0.05, 0.1) is 0 Å². The minimum atomic E-state index is -0.552. The van der Waals surface area contributed by atoms with Crippen LogP contribution in [0.25, 0.3) is 0 Å². The molecule has 0 aromatic heterocycles. The van der Waals surface area contributed by atoms with Gasteiger partial charge in [0.25, 0.3) is 0 Å². The van der Waals surface area contributed by atoms with Crippen LogP contribution in [-0.2, 0) is 9.47 Å². The van der Waals surface area contributed by atoms with Crippen LogP contribution in [0.5, 0.6) is 0 Å². The molecule has 10 heavy (non-hydrogen) atoms. The molecular formula is C7H12O3. The largest absolute Gasteiger partial charge is 0.509 e. The molecule has 1 aliphatic rings. The van der Waals surface area contributed by atoms with E-state index in [1.165, 1.54) is 0 Å². The lowest BCUT2D eigenvalue weighted by molar-refractivity contribution is -0.0930. The van der Waals surface area contributed by atoms with Crippen molar-refractivity contribution in [3.8, 4) is 0 Å². The van der Waals surface area contributed by atoms with Crippen molar-refractivity contribution >= 4 is 6.16 Å². The molecule has 0 aliphatic carbocycles. The van der Waals surface area contributed by atoms with E-state index in [0.717, 1.165) is 6.42 Å². The summed E-state index contributed by atoms with van der Waals surface area (Å²) >= 11 is 0. The molecule has 1 atom stereocenters. The maximum absolute atomic E-state index is 10.6. The number of rotatable bonds is 0. The van der Waals surface area contributed by atoms with Gasteiger partial charge < -0.3 is 9.47 Å². The smallest absolute Gasteiger partial charge is 0.431 e. The highest BCUT2D eigenvalue weighted by Gasteiger charge is 2.33. The van der Waals surface area contributed by atoms with Gasteiger partial charge in [-0.1, -0.05) is 0 Å². The summed E-state index contributed by atoms with van der Waals surface area (Å²) in [5, 5.41) is 0. The molecule has 1 unspecified atom stereocenters. The lowest BCUT2D eigenvalue weighted by Gasteiger charge is -2.32. The molecule has 1 heterocycles. The van der Waals surface area contributed by atoms with Crippen LogP contribution in [0.2, 0.25) is 0 Å². The van der Waals surface area contributed by atoms with Gasteiger partial charge in [0.2, 0.25) is 0 Å². The van der Waals surface area contributed by atoms with Crippen LogP contribution in [0.4, 0.5) is 4.79 Å². The van der Waals surface area contributed by atoms with Gasteiger partial charge >= 0.3 is 6.16 Å². The lowest BCUT2D eigenvalue weighted by atomic mass is 10.0. The fraction of sp³-hybridized carbons (Fsp3) is 0.857. The average Bonchev–Trinajstić information content (AvgIpc) is 1.54. The summed E-state index contributed by atoms with van der Waals surface area (Å²) in [6, 6.07) is 0. The highest BCUT2D eigenvalue weighted by Crippen LogP contribution is 2.24. The quantitative estimate of drug-likeness (QED) is 0.485. The van der Waals surface area contributed by atoms with Gasteiger partial charge in [-0.25, -0.2) is 4.79 Å². The molecule has 3 heteroatoms. The summed E-state index contributed by atoms with van der Waals surface area (Å²) in [6.45, 7) is 5.62.